The molecule has 1 saturated heterocycles. The maximum Gasteiger partial charge on any atom is 0.276 e. The first-order chi connectivity index (χ1) is 9.58. The van der Waals surface area contributed by atoms with Gasteiger partial charge in [0.05, 0.1) is 11.4 Å². The Hall–Kier alpha value is -2.05. The monoisotopic (exact) mass is 277 g/mol. The number of rotatable bonds is 2. The fourth-order valence-electron chi connectivity index (χ4n) is 2.52. The molecule has 108 valence electrons. The average molecular weight is 277 g/mol. The van der Waals surface area contributed by atoms with E-state index < -0.39 is 0 Å². The Labute approximate surface area is 117 Å². The molecule has 1 aliphatic carbocycles. The zero-order valence-corrected chi connectivity index (χ0v) is 11.6. The third-order valence-electron chi connectivity index (χ3n) is 3.98. The minimum atomic E-state index is -0.255. The van der Waals surface area contributed by atoms with Crippen LogP contribution in [0.4, 0.5) is 5.69 Å². The number of nitrogens with zero attached hydrogens (tertiary/aromatic N) is 3. The molecule has 1 aromatic heterocycles. The summed E-state index contributed by atoms with van der Waals surface area (Å²) in [5, 5.41) is 6.93. The van der Waals surface area contributed by atoms with Crippen LogP contribution in [0.3, 0.4) is 0 Å². The van der Waals surface area contributed by atoms with Gasteiger partial charge in [0.2, 0.25) is 5.91 Å². The van der Waals surface area contributed by atoms with E-state index in [0.717, 1.165) is 25.0 Å². The number of carbonyl (C=O) groups is 2. The third kappa shape index (κ3) is 2.23. The number of nitrogens with two attached hydrogens (primary N) is 1. The molecule has 3 rings (SSSR count). The smallest absolute Gasteiger partial charge is 0.276 e. The second-order valence-corrected chi connectivity index (χ2v) is 5.57. The molecule has 0 spiro atoms. The summed E-state index contributed by atoms with van der Waals surface area (Å²) < 4.78 is 0. The number of aromatic amines is 1. The van der Waals surface area contributed by atoms with Crippen LogP contribution in [0.15, 0.2) is 0 Å². The van der Waals surface area contributed by atoms with E-state index in [1.807, 2.05) is 0 Å². The topological polar surface area (TPSA) is 95.3 Å². The lowest BCUT2D eigenvalue weighted by Gasteiger charge is -2.18. The van der Waals surface area contributed by atoms with Crippen LogP contribution in [0, 0.1) is 0 Å². The molecule has 20 heavy (non-hydrogen) atoms. The van der Waals surface area contributed by atoms with Crippen molar-refractivity contribution in [1.29, 1.82) is 0 Å². The standard InChI is InChI=1S/C13H19N5O2/c1-17-5-2-6-18(7-9(17)19)13(20)12-10(14)11(15-16-12)8-3-4-8/h8H,2-7,14H2,1H3,(H,15,16). The van der Waals surface area contributed by atoms with Gasteiger partial charge in [-0.3, -0.25) is 14.7 Å². The van der Waals surface area contributed by atoms with Crippen molar-refractivity contribution in [3.63, 3.8) is 0 Å². The Bertz CT molecular complexity index is 549. The number of H-pyrrole nitrogens is 1. The van der Waals surface area contributed by atoms with Gasteiger partial charge in [0.25, 0.3) is 5.91 Å². The van der Waals surface area contributed by atoms with Crippen molar-refractivity contribution >= 4 is 17.5 Å². The Kier molecular flexibility index (Phi) is 3.11. The lowest BCUT2D eigenvalue weighted by Crippen LogP contribution is -2.38. The number of hydrogen-bond donors (Lipinski definition) is 2. The van der Waals surface area contributed by atoms with Gasteiger partial charge in [0, 0.05) is 26.1 Å². The molecule has 3 N–H and O–H groups in total. The Morgan fingerprint density at radius 2 is 2.15 bits per heavy atom. The Balaban J connectivity index is 1.79. The quantitative estimate of drug-likeness (QED) is 0.805. The van der Waals surface area contributed by atoms with Gasteiger partial charge in [0.1, 0.15) is 6.54 Å². The van der Waals surface area contributed by atoms with Crippen LogP contribution in [0.2, 0.25) is 0 Å². The van der Waals surface area contributed by atoms with E-state index in [0.29, 0.717) is 24.7 Å². The fourth-order valence-corrected chi connectivity index (χ4v) is 2.52. The molecule has 7 heteroatoms. The number of aromatic nitrogens is 2. The number of carbonyl (C=O) groups excluding carboxylic acids is 2. The summed E-state index contributed by atoms with van der Waals surface area (Å²) in [6, 6.07) is 0. The maximum atomic E-state index is 12.5. The SMILES string of the molecule is CN1CCCN(C(=O)c2n[nH]c(C3CC3)c2N)CC1=O. The predicted octanol–water partition coefficient (Wildman–Crippen LogP) is 0.174. The zero-order valence-electron chi connectivity index (χ0n) is 11.6. The molecule has 0 unspecified atom stereocenters. The van der Waals surface area contributed by atoms with Gasteiger partial charge >= 0.3 is 0 Å². The van der Waals surface area contributed by atoms with Crippen molar-refractivity contribution < 1.29 is 9.59 Å². The molecule has 0 aromatic carbocycles. The Morgan fingerprint density at radius 1 is 1.40 bits per heavy atom. The van der Waals surface area contributed by atoms with E-state index in [4.69, 9.17) is 5.73 Å². The Morgan fingerprint density at radius 3 is 2.85 bits per heavy atom. The molecular weight excluding hydrogens is 258 g/mol. The second-order valence-electron chi connectivity index (χ2n) is 5.57. The van der Waals surface area contributed by atoms with Crippen molar-refractivity contribution in [2.75, 3.05) is 32.4 Å². The van der Waals surface area contributed by atoms with Crippen molar-refractivity contribution in [1.82, 2.24) is 20.0 Å². The van der Waals surface area contributed by atoms with Crippen LogP contribution < -0.4 is 5.73 Å². The molecule has 0 atom stereocenters. The first kappa shape index (κ1) is 13.0. The summed E-state index contributed by atoms with van der Waals surface area (Å²) in [7, 11) is 1.75. The zero-order chi connectivity index (χ0) is 14.3. The van der Waals surface area contributed by atoms with Crippen LogP contribution >= 0.6 is 0 Å². The number of likely N-dealkylation sites (N-methyl/N-ethyl adjacent to an activating group) is 1. The van der Waals surface area contributed by atoms with Gasteiger partial charge < -0.3 is 15.5 Å². The van der Waals surface area contributed by atoms with E-state index >= 15 is 0 Å². The number of nitrogen functional groups attached to an aromatic ring is 1. The van der Waals surface area contributed by atoms with E-state index in [2.05, 4.69) is 10.2 Å². The second kappa shape index (κ2) is 4.81. The minimum absolute atomic E-state index is 0.0487. The van der Waals surface area contributed by atoms with Gasteiger partial charge in [-0.1, -0.05) is 0 Å². The summed E-state index contributed by atoms with van der Waals surface area (Å²) in [6.07, 6.45) is 2.95. The number of amides is 2. The normalized spacial score (nSPS) is 20.1. The third-order valence-corrected chi connectivity index (χ3v) is 3.98. The minimum Gasteiger partial charge on any atom is -0.395 e. The molecule has 0 bridgehead atoms. The highest BCUT2D eigenvalue weighted by molar-refractivity contribution is 5.99. The number of hydrogen-bond acceptors (Lipinski definition) is 4. The van der Waals surface area contributed by atoms with Gasteiger partial charge in [-0.05, 0) is 19.3 Å². The highest BCUT2D eigenvalue weighted by atomic mass is 16.2. The highest BCUT2D eigenvalue weighted by Gasteiger charge is 2.32. The predicted molar refractivity (Wildman–Crippen MR) is 73.1 cm³/mol. The lowest BCUT2D eigenvalue weighted by molar-refractivity contribution is -0.129. The van der Waals surface area contributed by atoms with E-state index in [1.165, 1.54) is 4.90 Å². The molecule has 2 fully saturated rings. The summed E-state index contributed by atoms with van der Waals surface area (Å²) >= 11 is 0. The van der Waals surface area contributed by atoms with E-state index in [-0.39, 0.29) is 24.1 Å². The maximum absolute atomic E-state index is 12.5. The van der Waals surface area contributed by atoms with Crippen LogP contribution in [0.25, 0.3) is 0 Å². The lowest BCUT2D eigenvalue weighted by atomic mass is 10.2. The molecule has 7 nitrogen and oxygen atoms in total. The van der Waals surface area contributed by atoms with Crippen molar-refractivity contribution in [2.24, 2.45) is 0 Å². The van der Waals surface area contributed by atoms with Crippen molar-refractivity contribution in [2.45, 2.75) is 25.2 Å². The van der Waals surface area contributed by atoms with Gasteiger partial charge in [0.15, 0.2) is 5.69 Å². The molecular formula is C13H19N5O2. The summed E-state index contributed by atoms with van der Waals surface area (Å²) in [4.78, 5) is 27.5. The summed E-state index contributed by atoms with van der Waals surface area (Å²) in [5.41, 5.74) is 7.58. The molecule has 1 aromatic rings. The molecule has 2 heterocycles. The summed E-state index contributed by atoms with van der Waals surface area (Å²) in [5.74, 6) is 0.114. The van der Waals surface area contributed by atoms with E-state index in [1.54, 1.807) is 11.9 Å². The van der Waals surface area contributed by atoms with Gasteiger partial charge in [-0.15, -0.1) is 0 Å². The first-order valence-electron chi connectivity index (χ1n) is 6.95. The fraction of sp³-hybridized carbons (Fsp3) is 0.615. The van der Waals surface area contributed by atoms with Crippen molar-refractivity contribution in [3.05, 3.63) is 11.4 Å². The number of anilines is 1. The summed E-state index contributed by atoms with van der Waals surface area (Å²) in [6.45, 7) is 1.33. The van der Waals surface area contributed by atoms with Crippen LogP contribution in [-0.2, 0) is 4.79 Å². The van der Waals surface area contributed by atoms with Crippen molar-refractivity contribution in [3.8, 4) is 0 Å². The van der Waals surface area contributed by atoms with Crippen LogP contribution in [-0.4, -0.2) is 58.5 Å². The van der Waals surface area contributed by atoms with Crippen LogP contribution in [0.1, 0.15) is 41.4 Å². The molecule has 1 saturated carbocycles. The van der Waals surface area contributed by atoms with Gasteiger partial charge in [-0.25, -0.2) is 0 Å². The largest absolute Gasteiger partial charge is 0.395 e. The molecule has 0 radical (unpaired) electrons. The molecule has 1 aliphatic heterocycles. The highest BCUT2D eigenvalue weighted by Crippen LogP contribution is 2.42. The van der Waals surface area contributed by atoms with Gasteiger partial charge in [-0.2, -0.15) is 5.10 Å². The first-order valence-corrected chi connectivity index (χ1v) is 6.95. The van der Waals surface area contributed by atoms with Crippen LogP contribution in [0.5, 0.6) is 0 Å². The molecule has 2 amide bonds. The number of nitrogens with one attached hydrogen (secondary N) is 1. The molecule has 2 aliphatic rings. The average Bonchev–Trinajstić information content (AvgIpc) is 3.21. The van der Waals surface area contributed by atoms with E-state index in [9.17, 15) is 9.59 Å².